The molecular weight excluding hydrogens is 1900 g/mol. The summed E-state index contributed by atoms with van der Waals surface area (Å²) in [6, 6.07) is 9.61. The Hall–Kier alpha value is -8.67. The zero-order valence-corrected chi connectivity index (χ0v) is 83.6. The summed E-state index contributed by atoms with van der Waals surface area (Å²) in [5.41, 5.74) is 12.6. The van der Waals surface area contributed by atoms with Gasteiger partial charge in [0.1, 0.15) is 23.7 Å². The number of rotatable bonds is 28. The average molecular weight is 2040 g/mol. The topological polar surface area (TPSA) is 529 Å². The number of hydrogen-bond acceptors (Lipinski definition) is 34. The van der Waals surface area contributed by atoms with Crippen LogP contribution >= 0.6 is 46.4 Å². The molecule has 2 amide bonds. The summed E-state index contributed by atoms with van der Waals surface area (Å²) < 4.78 is 100. The van der Waals surface area contributed by atoms with Crippen LogP contribution in [0.4, 0.5) is 4.79 Å². The summed E-state index contributed by atoms with van der Waals surface area (Å²) in [5, 5.41) is 22.2. The molecule has 45 heteroatoms. The van der Waals surface area contributed by atoms with Crippen LogP contribution in [0.15, 0.2) is 30.3 Å². The average Bonchev–Trinajstić information content (AvgIpc) is 1.60. The molecule has 0 bridgehead atoms. The summed E-state index contributed by atoms with van der Waals surface area (Å²) in [4.78, 5) is 151. The summed E-state index contributed by atoms with van der Waals surface area (Å²) in [7, 11) is 16.2. The van der Waals surface area contributed by atoms with E-state index in [0.717, 1.165) is 103 Å². The Labute approximate surface area is 822 Å². The number of Topliss-reactive ketones (excluding diaryl/α,β-unsaturated/α-hetero) is 3. The second-order valence-corrected chi connectivity index (χ2v) is 35.7. The number of methoxy groups -OCH3 is 11. The molecule has 0 spiro atoms. The van der Waals surface area contributed by atoms with Crippen molar-refractivity contribution in [3.63, 3.8) is 0 Å². The number of hydrogen-bond donors (Lipinski definition) is 6. The van der Waals surface area contributed by atoms with E-state index < -0.39 is 80.8 Å². The third kappa shape index (κ3) is 33.5. The molecule has 3 aromatic heterocycles. The molecule has 7 fully saturated rings. The molecule has 8 N–H and O–H groups in total. The van der Waals surface area contributed by atoms with Crippen LogP contribution in [0.5, 0.6) is 0 Å². The van der Waals surface area contributed by atoms with Gasteiger partial charge in [0.05, 0.1) is 135 Å². The standard InChI is InChI=1S/C18H23ClN2O6.C15H21NO4.C11H9Cl2NO4.C11H10ClNO5.C9H16O4.C8H14O4.2C7H15NO2.C7H12O3/c1-25-10-18(5-8-27-9-6-18)20-16(23)15(22)14-13(19)12(17(24)26-2)11-4-3-7-21(11)14;1-18-12-15(7-9-19-10-8-15)16-14(17)20-11-13-5-3-2-4-6-13;1-18-11(17)6-5-3-2-4-14(5)8(7(6)12)9(15)10(13)16;1-18-11(17)6-5-3-2-4-13(5)8(7(6)12)9(14)10(15)16;1-11-7-9(8(10)12-2)3-5-13-6-4-9;1-11-6-8(7(9)10)2-4-12-5-3-8;2*1-9-6-7(8)2-4-10-5-3-7;1-9-7(8)6-2-4-10-5-3-6/h3-10H2,1-2H3,(H,20,23);2-6H,7-12H2,1H3,(H,16,17);2-4H2,1H3;2-4H2,1H3,(H,15,16);3-7H2,1-2H3;2-6H2,1H3,(H,9,10);2*2-6,8H2,1H3;6H,2-5H2,1H3. The van der Waals surface area contributed by atoms with E-state index in [4.69, 9.17) is 144 Å². The van der Waals surface area contributed by atoms with E-state index in [0.29, 0.717) is 187 Å². The highest BCUT2D eigenvalue weighted by Gasteiger charge is 2.45. The molecule has 10 aliphatic rings. The van der Waals surface area contributed by atoms with Crippen LogP contribution in [-0.2, 0) is 164 Å². The molecular formula is C93H135Cl4N7O34. The van der Waals surface area contributed by atoms with Crippen LogP contribution in [-0.4, -0.2) is 333 Å². The lowest BCUT2D eigenvalue weighted by Gasteiger charge is -2.37. The molecule has 138 heavy (non-hydrogen) atoms. The number of aliphatic carboxylic acids is 2. The first kappa shape index (κ1) is 118. The zero-order chi connectivity index (χ0) is 102. The third-order valence-electron chi connectivity index (χ3n) is 24.8. The van der Waals surface area contributed by atoms with Gasteiger partial charge in [0.25, 0.3) is 28.5 Å². The minimum atomic E-state index is -1.60. The van der Waals surface area contributed by atoms with Crippen molar-refractivity contribution in [3.05, 3.63) is 102 Å². The Morgan fingerprint density at radius 1 is 0.406 bits per heavy atom. The summed E-state index contributed by atoms with van der Waals surface area (Å²) in [5.74, 6) is -7.99. The number of nitrogens with two attached hydrogens (primary N) is 2. The molecule has 0 saturated carbocycles. The Bertz CT molecular complexity index is 4470. The number of nitrogens with zero attached hydrogens (tertiary/aromatic N) is 3. The molecule has 0 aliphatic carbocycles. The fourth-order valence-electron chi connectivity index (χ4n) is 17.1. The zero-order valence-electron chi connectivity index (χ0n) is 80.5. The molecule has 0 atom stereocenters. The van der Waals surface area contributed by atoms with Gasteiger partial charge in [-0.15, -0.1) is 0 Å². The molecule has 14 rings (SSSR count). The van der Waals surface area contributed by atoms with Crippen molar-refractivity contribution in [1.29, 1.82) is 0 Å². The fraction of sp³-hybridized carbons (Fsp3) is 0.667. The Morgan fingerprint density at radius 3 is 1.08 bits per heavy atom. The van der Waals surface area contributed by atoms with Gasteiger partial charge in [-0.3, -0.25) is 38.4 Å². The second-order valence-electron chi connectivity index (χ2n) is 34.2. The van der Waals surface area contributed by atoms with Crippen LogP contribution in [0.1, 0.15) is 194 Å². The number of carboxylic acid groups (broad SMARTS) is 2. The number of halogens is 4. The number of benzene rings is 1. The number of aromatic nitrogens is 3. The van der Waals surface area contributed by atoms with Crippen LogP contribution < -0.4 is 22.1 Å². The van der Waals surface area contributed by atoms with Crippen molar-refractivity contribution in [1.82, 2.24) is 24.3 Å². The van der Waals surface area contributed by atoms with Gasteiger partial charge in [-0.25, -0.2) is 24.0 Å². The van der Waals surface area contributed by atoms with E-state index in [-0.39, 0.29) is 103 Å². The van der Waals surface area contributed by atoms with Gasteiger partial charge in [0.15, 0.2) is 0 Å². The number of esters is 5. The number of nitrogens with one attached hydrogen (secondary N) is 2. The van der Waals surface area contributed by atoms with Crippen LogP contribution in [0.3, 0.4) is 0 Å². The predicted molar refractivity (Wildman–Crippen MR) is 498 cm³/mol. The smallest absolute Gasteiger partial charge is 0.407 e. The van der Waals surface area contributed by atoms with Gasteiger partial charge < -0.3 is 136 Å². The minimum absolute atomic E-state index is 0.0235. The highest BCUT2D eigenvalue weighted by molar-refractivity contribution is 6.83. The van der Waals surface area contributed by atoms with Gasteiger partial charge in [-0.05, 0) is 146 Å². The van der Waals surface area contributed by atoms with E-state index in [1.54, 1.807) is 44.7 Å². The number of carbonyl (C=O) groups excluding carboxylic acids is 11. The maximum absolute atomic E-state index is 12.9. The summed E-state index contributed by atoms with van der Waals surface area (Å²) >= 11 is 23.5. The molecule has 0 radical (unpaired) electrons. The first-order chi connectivity index (χ1) is 66.0. The second kappa shape index (κ2) is 59.3. The number of alkyl carbamates (subject to hydrolysis) is 1. The van der Waals surface area contributed by atoms with Crippen molar-refractivity contribution in [2.45, 2.75) is 177 Å². The maximum atomic E-state index is 12.9. The number of carboxylic acids is 2. The first-order valence-electron chi connectivity index (χ1n) is 45.3. The fourth-order valence-corrected chi connectivity index (χ4v) is 18.3. The molecule has 7 saturated heterocycles. The van der Waals surface area contributed by atoms with Gasteiger partial charge >= 0.3 is 47.9 Å². The number of ether oxygens (including phenoxy) is 19. The monoisotopic (exact) mass is 2030 g/mol. The molecule has 774 valence electrons. The lowest BCUT2D eigenvalue weighted by molar-refractivity contribution is -0.163. The van der Waals surface area contributed by atoms with Crippen LogP contribution in [0.25, 0.3) is 0 Å². The lowest BCUT2D eigenvalue weighted by Crippen LogP contribution is -2.56. The van der Waals surface area contributed by atoms with Crippen LogP contribution in [0.2, 0.25) is 15.1 Å². The highest BCUT2D eigenvalue weighted by atomic mass is 35.5. The molecule has 0 unspecified atom stereocenters. The molecule has 1 aromatic carbocycles. The van der Waals surface area contributed by atoms with Crippen molar-refractivity contribution in [2.75, 3.05) is 210 Å². The SMILES string of the molecule is COC(=O)C1CCOCC1.COC(=O)c1c(Cl)c(C(=O)C(=O)Cl)n2c1CCC2.COC(=O)c1c(Cl)c(C(=O)C(=O)O)n2c1CCC2.COCC1(C(=O)O)CCOCC1.COCC1(C(=O)OC)CCOCC1.COCC1(N)CCOCC1.COCC1(N)CCOCC1.COCC1(NC(=O)C(=O)c2c(Cl)c(C(=O)OC)c3n2CCC3)CCOCC1.COCC1(NC(=O)OCc2ccccc2)CCOCC1. The first-order valence-corrected chi connectivity index (χ1v) is 46.8. The van der Waals surface area contributed by atoms with E-state index in [9.17, 15) is 62.3 Å². The minimum Gasteiger partial charge on any atom is -0.481 e. The third-order valence-corrected chi connectivity index (χ3v) is 26.1. The Balaban J connectivity index is 0.000000243. The van der Waals surface area contributed by atoms with Crippen molar-refractivity contribution < 1.29 is 163 Å². The maximum Gasteiger partial charge on any atom is 0.407 e. The van der Waals surface area contributed by atoms with Gasteiger partial charge in [-0.2, -0.15) is 0 Å². The predicted octanol–water partition coefficient (Wildman–Crippen LogP) is 8.43. The Morgan fingerprint density at radius 2 is 0.739 bits per heavy atom. The van der Waals surface area contributed by atoms with E-state index >= 15 is 0 Å². The van der Waals surface area contributed by atoms with Gasteiger partial charge in [0, 0.05) is 183 Å². The molecule has 13 heterocycles. The van der Waals surface area contributed by atoms with Crippen molar-refractivity contribution >= 4 is 123 Å². The van der Waals surface area contributed by atoms with Crippen LogP contribution in [0, 0.1) is 16.7 Å². The van der Waals surface area contributed by atoms with E-state index in [1.807, 2.05) is 30.3 Å². The number of carbonyl (C=O) groups is 13. The van der Waals surface area contributed by atoms with Crippen molar-refractivity contribution in [3.8, 4) is 0 Å². The van der Waals surface area contributed by atoms with Gasteiger partial charge in [0.2, 0.25) is 0 Å². The van der Waals surface area contributed by atoms with Crippen molar-refractivity contribution in [2.24, 2.45) is 28.2 Å². The quantitative estimate of drug-likeness (QED) is 0.0102. The summed E-state index contributed by atoms with van der Waals surface area (Å²) in [6.45, 7) is 13.5. The highest BCUT2D eigenvalue weighted by Crippen LogP contribution is 2.39. The lowest BCUT2D eigenvalue weighted by atomic mass is 9.81. The van der Waals surface area contributed by atoms with E-state index in [2.05, 4.69) is 24.8 Å². The number of fused-ring (bicyclic) bond motifs is 3. The summed E-state index contributed by atoms with van der Waals surface area (Å²) in [6.07, 6.45) is 14.0. The number of ketones is 3. The van der Waals surface area contributed by atoms with Gasteiger partial charge in [-0.1, -0.05) is 65.1 Å². The molecule has 4 aromatic rings. The normalized spacial score (nSPS) is 18.5. The molecule has 41 nitrogen and oxygen atoms in total. The number of amides is 2. The Kier molecular flexibility index (Phi) is 50.7. The largest absolute Gasteiger partial charge is 0.481 e. The van der Waals surface area contributed by atoms with E-state index in [1.165, 1.54) is 47.2 Å². The molecule has 10 aliphatic heterocycles.